The van der Waals surface area contributed by atoms with Crippen LogP contribution in [0, 0.1) is 0 Å². The van der Waals surface area contributed by atoms with E-state index >= 15 is 0 Å². The van der Waals surface area contributed by atoms with E-state index < -0.39 is 10.0 Å². The van der Waals surface area contributed by atoms with Crippen LogP contribution in [0.1, 0.15) is 17.3 Å². The summed E-state index contributed by atoms with van der Waals surface area (Å²) in [6.45, 7) is 2.53. The summed E-state index contributed by atoms with van der Waals surface area (Å²) in [6, 6.07) is 7.61. The van der Waals surface area contributed by atoms with E-state index in [9.17, 15) is 13.2 Å². The molecule has 0 aliphatic rings. The van der Waals surface area contributed by atoms with E-state index in [1.165, 1.54) is 26.2 Å². The van der Waals surface area contributed by atoms with Crippen LogP contribution in [-0.4, -0.2) is 42.5 Å². The molecule has 0 radical (unpaired) electrons. The molecule has 0 spiro atoms. The minimum atomic E-state index is -3.57. The molecule has 0 fully saturated rings. The van der Waals surface area contributed by atoms with Crippen LogP contribution in [0.5, 0.6) is 0 Å². The normalized spacial score (nSPS) is 11.6. The van der Waals surface area contributed by atoms with Crippen molar-refractivity contribution in [3.8, 4) is 0 Å². The Morgan fingerprint density at radius 3 is 2.68 bits per heavy atom. The molecule has 0 unspecified atom stereocenters. The Kier molecular flexibility index (Phi) is 4.62. The Hall–Kier alpha value is -2.19. The lowest BCUT2D eigenvalue weighted by Crippen LogP contribution is -2.23. The summed E-state index contributed by atoms with van der Waals surface area (Å²) in [4.78, 5) is 12.3. The monoisotopic (exact) mass is 322 g/mol. The van der Waals surface area contributed by atoms with Crippen molar-refractivity contribution in [1.82, 2.24) is 14.1 Å². The maximum Gasteiger partial charge on any atom is 0.256 e. The van der Waals surface area contributed by atoms with Crippen molar-refractivity contribution in [3.63, 3.8) is 0 Å². The summed E-state index contributed by atoms with van der Waals surface area (Å²) in [7, 11) is -0.679. The smallest absolute Gasteiger partial charge is 0.256 e. The van der Waals surface area contributed by atoms with Gasteiger partial charge in [-0.1, -0.05) is 6.07 Å². The second kappa shape index (κ2) is 6.29. The van der Waals surface area contributed by atoms with Crippen molar-refractivity contribution >= 4 is 21.7 Å². The van der Waals surface area contributed by atoms with Gasteiger partial charge in [-0.3, -0.25) is 4.79 Å². The molecule has 1 heterocycles. The summed E-state index contributed by atoms with van der Waals surface area (Å²) in [6.07, 6.45) is 1.59. The average Bonchev–Trinajstić information content (AvgIpc) is 2.94. The summed E-state index contributed by atoms with van der Waals surface area (Å²) in [5, 5.41) is 6.78. The molecule has 0 atom stereocenters. The number of sulfonamides is 1. The zero-order valence-electron chi connectivity index (χ0n) is 12.6. The van der Waals surface area contributed by atoms with Gasteiger partial charge in [-0.25, -0.2) is 17.4 Å². The van der Waals surface area contributed by atoms with Gasteiger partial charge in [0.25, 0.3) is 5.91 Å². The lowest BCUT2D eigenvalue weighted by Gasteiger charge is -2.12. The highest BCUT2D eigenvalue weighted by Gasteiger charge is 2.19. The van der Waals surface area contributed by atoms with E-state index in [4.69, 9.17) is 0 Å². The molecule has 8 heteroatoms. The molecule has 1 amide bonds. The molecular weight excluding hydrogens is 304 g/mol. The summed E-state index contributed by atoms with van der Waals surface area (Å²) >= 11 is 0. The van der Waals surface area contributed by atoms with E-state index in [0.29, 0.717) is 12.4 Å². The first-order valence-electron chi connectivity index (χ1n) is 6.72. The minimum absolute atomic E-state index is 0.0779. The fraction of sp³-hybridized carbons (Fsp3) is 0.286. The highest BCUT2D eigenvalue weighted by atomic mass is 32.2. The van der Waals surface area contributed by atoms with Crippen LogP contribution in [0.15, 0.2) is 41.4 Å². The van der Waals surface area contributed by atoms with Crippen molar-refractivity contribution in [2.24, 2.45) is 0 Å². The Balaban J connectivity index is 2.28. The Bertz CT molecular complexity index is 781. The molecular formula is C14H18N4O3S. The number of nitrogens with one attached hydrogen (secondary N) is 1. The molecule has 0 aliphatic heterocycles. The SMILES string of the molecule is CCn1nccc1NC(=O)c1cccc(S(=O)(=O)N(C)C)c1. The lowest BCUT2D eigenvalue weighted by molar-refractivity contribution is 0.102. The second-order valence-electron chi connectivity index (χ2n) is 4.80. The molecule has 1 aromatic heterocycles. The van der Waals surface area contributed by atoms with Gasteiger partial charge in [0.05, 0.1) is 11.1 Å². The number of aryl methyl sites for hydroxylation is 1. The number of anilines is 1. The van der Waals surface area contributed by atoms with Crippen LogP contribution in [0.3, 0.4) is 0 Å². The standard InChI is InChI=1S/C14H18N4O3S/c1-4-18-13(8-9-15-18)16-14(19)11-6-5-7-12(10-11)22(20,21)17(2)3/h5-10H,4H2,1-3H3,(H,16,19). The number of aromatic nitrogens is 2. The molecule has 0 bridgehead atoms. The molecule has 0 saturated heterocycles. The van der Waals surface area contributed by atoms with Crippen LogP contribution in [0.2, 0.25) is 0 Å². The van der Waals surface area contributed by atoms with Crippen LogP contribution in [0.4, 0.5) is 5.82 Å². The molecule has 0 aliphatic carbocycles. The summed E-state index contributed by atoms with van der Waals surface area (Å²) in [5.74, 6) is 0.180. The van der Waals surface area contributed by atoms with Gasteiger partial charge >= 0.3 is 0 Å². The Morgan fingerprint density at radius 1 is 1.32 bits per heavy atom. The minimum Gasteiger partial charge on any atom is -0.307 e. The maximum absolute atomic E-state index is 12.3. The summed E-state index contributed by atoms with van der Waals surface area (Å²) < 4.78 is 27.0. The average molecular weight is 322 g/mol. The van der Waals surface area contributed by atoms with E-state index in [1.807, 2.05) is 6.92 Å². The van der Waals surface area contributed by atoms with Gasteiger partial charge in [0.15, 0.2) is 0 Å². The molecule has 118 valence electrons. The first kappa shape index (κ1) is 16.2. The third kappa shape index (κ3) is 3.18. The Morgan fingerprint density at radius 2 is 2.05 bits per heavy atom. The van der Waals surface area contributed by atoms with Crippen molar-refractivity contribution in [2.75, 3.05) is 19.4 Å². The van der Waals surface area contributed by atoms with Crippen LogP contribution in [-0.2, 0) is 16.6 Å². The van der Waals surface area contributed by atoms with Gasteiger partial charge in [-0.15, -0.1) is 0 Å². The van der Waals surface area contributed by atoms with Crippen LogP contribution in [0.25, 0.3) is 0 Å². The second-order valence-corrected chi connectivity index (χ2v) is 6.95. The highest BCUT2D eigenvalue weighted by molar-refractivity contribution is 7.89. The van der Waals surface area contributed by atoms with Crippen molar-refractivity contribution in [2.45, 2.75) is 18.4 Å². The molecule has 1 aromatic carbocycles. The van der Waals surface area contributed by atoms with Crippen molar-refractivity contribution < 1.29 is 13.2 Å². The number of hydrogen-bond acceptors (Lipinski definition) is 4. The van der Waals surface area contributed by atoms with Gasteiger partial charge in [-0.05, 0) is 25.1 Å². The van der Waals surface area contributed by atoms with Crippen LogP contribution >= 0.6 is 0 Å². The maximum atomic E-state index is 12.3. The van der Waals surface area contributed by atoms with Gasteiger partial charge in [0.1, 0.15) is 5.82 Å². The molecule has 1 N–H and O–H groups in total. The van der Waals surface area contributed by atoms with E-state index in [1.54, 1.807) is 29.1 Å². The van der Waals surface area contributed by atoms with Gasteiger partial charge < -0.3 is 5.32 Å². The number of rotatable bonds is 5. The predicted octanol–water partition coefficient (Wildman–Crippen LogP) is 1.41. The number of carbonyl (C=O) groups excluding carboxylic acids is 1. The Labute approximate surface area is 129 Å². The molecule has 7 nitrogen and oxygen atoms in total. The number of amides is 1. The first-order valence-corrected chi connectivity index (χ1v) is 8.16. The zero-order valence-corrected chi connectivity index (χ0v) is 13.5. The first-order chi connectivity index (χ1) is 10.4. The number of nitrogens with zero attached hydrogens (tertiary/aromatic N) is 3. The summed E-state index contributed by atoms with van der Waals surface area (Å²) in [5.41, 5.74) is 0.270. The number of carbonyl (C=O) groups is 1. The zero-order chi connectivity index (χ0) is 16.3. The fourth-order valence-electron chi connectivity index (χ4n) is 1.89. The predicted molar refractivity (Wildman–Crippen MR) is 83.2 cm³/mol. The topological polar surface area (TPSA) is 84.3 Å². The third-order valence-electron chi connectivity index (χ3n) is 3.13. The third-order valence-corrected chi connectivity index (χ3v) is 4.94. The van der Waals surface area contributed by atoms with E-state index in [2.05, 4.69) is 10.4 Å². The molecule has 2 aromatic rings. The highest BCUT2D eigenvalue weighted by Crippen LogP contribution is 2.16. The number of benzene rings is 1. The van der Waals surface area contributed by atoms with Crippen molar-refractivity contribution in [1.29, 1.82) is 0 Å². The van der Waals surface area contributed by atoms with Gasteiger partial charge in [0.2, 0.25) is 10.0 Å². The van der Waals surface area contributed by atoms with Gasteiger partial charge in [0, 0.05) is 32.3 Å². The van der Waals surface area contributed by atoms with Crippen LogP contribution < -0.4 is 5.32 Å². The van der Waals surface area contributed by atoms with Gasteiger partial charge in [-0.2, -0.15) is 5.10 Å². The van der Waals surface area contributed by atoms with E-state index in [-0.39, 0.29) is 16.4 Å². The fourth-order valence-corrected chi connectivity index (χ4v) is 2.84. The lowest BCUT2D eigenvalue weighted by atomic mass is 10.2. The quantitative estimate of drug-likeness (QED) is 0.902. The molecule has 2 rings (SSSR count). The molecule has 22 heavy (non-hydrogen) atoms. The largest absolute Gasteiger partial charge is 0.307 e. The van der Waals surface area contributed by atoms with Crippen molar-refractivity contribution in [3.05, 3.63) is 42.1 Å². The number of hydrogen-bond donors (Lipinski definition) is 1. The van der Waals surface area contributed by atoms with E-state index in [0.717, 1.165) is 4.31 Å². The molecule has 0 saturated carbocycles.